The van der Waals surface area contributed by atoms with Crippen molar-refractivity contribution in [3.05, 3.63) is 35.4 Å². The number of fused-ring (bicyclic) bond motifs is 1. The third kappa shape index (κ3) is 2.26. The predicted molar refractivity (Wildman–Crippen MR) is 75.6 cm³/mol. The van der Waals surface area contributed by atoms with Crippen LogP contribution in [0, 0.1) is 5.92 Å². The molecule has 1 fully saturated rings. The number of benzene rings is 1. The van der Waals surface area contributed by atoms with Crippen molar-refractivity contribution >= 4 is 11.6 Å². The molecule has 0 aromatic heterocycles. The summed E-state index contributed by atoms with van der Waals surface area (Å²) in [5.41, 5.74) is 1.96. The van der Waals surface area contributed by atoms with Gasteiger partial charge >= 0.3 is 0 Å². The highest BCUT2D eigenvalue weighted by atomic mass is 19.3. The van der Waals surface area contributed by atoms with Gasteiger partial charge in [-0.25, -0.2) is 8.78 Å². The standard InChI is InChI=1S/C16H16F2N2O2/c17-16(18)8-10-3-1-2-4-11(10)14(16)19-15(21)13-7-12(20-22-13)9-5-6-9/h1-4,9,13-14H,5-8H2,(H,19,21). The van der Waals surface area contributed by atoms with E-state index in [1.165, 1.54) is 0 Å². The van der Waals surface area contributed by atoms with Crippen molar-refractivity contribution in [2.75, 3.05) is 0 Å². The zero-order valence-corrected chi connectivity index (χ0v) is 11.9. The number of rotatable bonds is 3. The summed E-state index contributed by atoms with van der Waals surface area (Å²) in [7, 11) is 0. The van der Waals surface area contributed by atoms with Gasteiger partial charge in [0.05, 0.1) is 5.71 Å². The Balaban J connectivity index is 1.47. The smallest absolute Gasteiger partial charge is 0.276 e. The first-order valence-corrected chi connectivity index (χ1v) is 7.53. The lowest BCUT2D eigenvalue weighted by molar-refractivity contribution is -0.135. The molecule has 116 valence electrons. The van der Waals surface area contributed by atoms with Gasteiger partial charge in [0.15, 0.2) is 0 Å². The fourth-order valence-corrected chi connectivity index (χ4v) is 3.17. The van der Waals surface area contributed by atoms with Crippen LogP contribution in [0.2, 0.25) is 0 Å². The van der Waals surface area contributed by atoms with E-state index in [1.54, 1.807) is 24.3 Å². The van der Waals surface area contributed by atoms with Gasteiger partial charge in [-0.3, -0.25) is 4.79 Å². The number of carbonyl (C=O) groups is 1. The van der Waals surface area contributed by atoms with Crippen LogP contribution in [-0.2, 0) is 16.1 Å². The Morgan fingerprint density at radius 1 is 1.32 bits per heavy atom. The van der Waals surface area contributed by atoms with Crippen molar-refractivity contribution in [2.24, 2.45) is 11.1 Å². The lowest BCUT2D eigenvalue weighted by atomic mass is 10.1. The number of alkyl halides is 2. The van der Waals surface area contributed by atoms with Gasteiger partial charge in [0, 0.05) is 18.8 Å². The Kier molecular flexibility index (Phi) is 2.96. The normalized spacial score (nSPS) is 28.7. The minimum Gasteiger partial charge on any atom is -0.382 e. The zero-order valence-electron chi connectivity index (χ0n) is 11.9. The van der Waals surface area contributed by atoms with E-state index < -0.39 is 24.0 Å². The summed E-state index contributed by atoms with van der Waals surface area (Å²) in [5, 5.41) is 6.38. The lowest BCUT2D eigenvalue weighted by Crippen LogP contribution is -2.43. The number of nitrogens with zero attached hydrogens (tertiary/aromatic N) is 1. The lowest BCUT2D eigenvalue weighted by Gasteiger charge is -2.22. The minimum atomic E-state index is -2.97. The highest BCUT2D eigenvalue weighted by Crippen LogP contribution is 2.43. The van der Waals surface area contributed by atoms with Crippen molar-refractivity contribution in [1.82, 2.24) is 5.32 Å². The van der Waals surface area contributed by atoms with Gasteiger partial charge in [-0.2, -0.15) is 0 Å². The highest BCUT2D eigenvalue weighted by Gasteiger charge is 2.49. The number of hydrogen-bond acceptors (Lipinski definition) is 3. The van der Waals surface area contributed by atoms with Gasteiger partial charge < -0.3 is 10.2 Å². The zero-order chi connectivity index (χ0) is 15.3. The molecule has 2 atom stereocenters. The van der Waals surface area contributed by atoms with E-state index in [0.29, 0.717) is 23.5 Å². The van der Waals surface area contributed by atoms with Gasteiger partial charge in [0.2, 0.25) is 6.10 Å². The average molecular weight is 306 g/mol. The molecule has 4 nitrogen and oxygen atoms in total. The molecule has 1 heterocycles. The molecule has 3 aliphatic rings. The first-order valence-electron chi connectivity index (χ1n) is 7.53. The Morgan fingerprint density at radius 3 is 2.86 bits per heavy atom. The highest BCUT2D eigenvalue weighted by molar-refractivity contribution is 5.95. The van der Waals surface area contributed by atoms with Crippen LogP contribution in [-0.4, -0.2) is 23.6 Å². The molecular weight excluding hydrogens is 290 g/mol. The average Bonchev–Trinajstić information content (AvgIpc) is 3.15. The third-order valence-electron chi connectivity index (χ3n) is 4.53. The minimum absolute atomic E-state index is 0.344. The van der Waals surface area contributed by atoms with Crippen molar-refractivity contribution in [2.45, 2.75) is 43.8 Å². The SMILES string of the molecule is O=C(NC1c2ccccc2CC1(F)F)C1CC(C2CC2)=NO1. The molecule has 0 saturated heterocycles. The Labute approximate surface area is 126 Å². The molecule has 1 amide bonds. The van der Waals surface area contributed by atoms with E-state index in [1.807, 2.05) is 0 Å². The number of amides is 1. The first kappa shape index (κ1) is 13.7. The van der Waals surface area contributed by atoms with E-state index in [9.17, 15) is 13.6 Å². The van der Waals surface area contributed by atoms with Crippen molar-refractivity contribution in [3.8, 4) is 0 Å². The Morgan fingerprint density at radius 2 is 2.09 bits per heavy atom. The van der Waals surface area contributed by atoms with Crippen LogP contribution in [0.3, 0.4) is 0 Å². The van der Waals surface area contributed by atoms with Crippen LogP contribution in [0.4, 0.5) is 8.78 Å². The molecule has 1 aromatic carbocycles. The Bertz CT molecular complexity index is 655. The molecule has 1 saturated carbocycles. The largest absolute Gasteiger partial charge is 0.382 e. The third-order valence-corrected chi connectivity index (χ3v) is 4.53. The second-order valence-corrected chi connectivity index (χ2v) is 6.23. The van der Waals surface area contributed by atoms with E-state index in [0.717, 1.165) is 18.6 Å². The van der Waals surface area contributed by atoms with Crippen LogP contribution < -0.4 is 5.32 Å². The first-order chi connectivity index (χ1) is 10.5. The molecule has 1 aromatic rings. The van der Waals surface area contributed by atoms with E-state index in [-0.39, 0.29) is 6.42 Å². The maximum atomic E-state index is 14.2. The van der Waals surface area contributed by atoms with Crippen LogP contribution in [0.15, 0.2) is 29.4 Å². The summed E-state index contributed by atoms with van der Waals surface area (Å²) in [6.45, 7) is 0. The van der Waals surface area contributed by atoms with E-state index in [4.69, 9.17) is 4.84 Å². The Hall–Kier alpha value is -1.98. The molecule has 0 spiro atoms. The van der Waals surface area contributed by atoms with Crippen LogP contribution in [0.25, 0.3) is 0 Å². The predicted octanol–water partition coefficient (Wildman–Crippen LogP) is 2.59. The number of halogens is 2. The summed E-state index contributed by atoms with van der Waals surface area (Å²) in [6, 6.07) is 5.47. The maximum absolute atomic E-state index is 14.2. The fourth-order valence-electron chi connectivity index (χ4n) is 3.17. The van der Waals surface area contributed by atoms with Crippen LogP contribution >= 0.6 is 0 Å². The molecule has 2 unspecified atom stereocenters. The summed E-state index contributed by atoms with van der Waals surface area (Å²) in [5.74, 6) is -3.06. The van der Waals surface area contributed by atoms with E-state index in [2.05, 4.69) is 10.5 Å². The van der Waals surface area contributed by atoms with Crippen LogP contribution in [0.1, 0.15) is 36.4 Å². The van der Waals surface area contributed by atoms with Gasteiger partial charge in [-0.15, -0.1) is 0 Å². The van der Waals surface area contributed by atoms with Crippen molar-refractivity contribution in [3.63, 3.8) is 0 Å². The van der Waals surface area contributed by atoms with Crippen LogP contribution in [0.5, 0.6) is 0 Å². The molecule has 1 N–H and O–H groups in total. The number of nitrogens with one attached hydrogen (secondary N) is 1. The van der Waals surface area contributed by atoms with E-state index >= 15 is 0 Å². The fraction of sp³-hybridized carbons (Fsp3) is 0.500. The van der Waals surface area contributed by atoms with Gasteiger partial charge in [-0.1, -0.05) is 29.4 Å². The second kappa shape index (κ2) is 4.76. The number of hydrogen-bond donors (Lipinski definition) is 1. The summed E-state index contributed by atoms with van der Waals surface area (Å²) in [4.78, 5) is 17.4. The topological polar surface area (TPSA) is 50.7 Å². The molecule has 6 heteroatoms. The molecule has 0 bridgehead atoms. The molecule has 0 radical (unpaired) electrons. The second-order valence-electron chi connectivity index (χ2n) is 6.23. The molecule has 1 aliphatic heterocycles. The maximum Gasteiger partial charge on any atom is 0.276 e. The quantitative estimate of drug-likeness (QED) is 0.933. The number of carbonyl (C=O) groups excluding carboxylic acids is 1. The number of oxime groups is 1. The summed E-state index contributed by atoms with van der Waals surface area (Å²) in [6.07, 6.45) is 1.44. The van der Waals surface area contributed by atoms with Crippen molar-refractivity contribution in [1.29, 1.82) is 0 Å². The molecule has 22 heavy (non-hydrogen) atoms. The summed E-state index contributed by atoms with van der Waals surface area (Å²) < 4.78 is 28.4. The van der Waals surface area contributed by atoms with Gasteiger partial charge in [0.25, 0.3) is 11.8 Å². The van der Waals surface area contributed by atoms with Crippen molar-refractivity contribution < 1.29 is 18.4 Å². The monoisotopic (exact) mass is 306 g/mol. The van der Waals surface area contributed by atoms with Gasteiger partial charge in [0.1, 0.15) is 6.04 Å². The molecule has 4 rings (SSSR count). The molecular formula is C16H16F2N2O2. The molecule has 2 aliphatic carbocycles. The van der Waals surface area contributed by atoms with Gasteiger partial charge in [-0.05, 0) is 24.0 Å². The summed E-state index contributed by atoms with van der Waals surface area (Å²) >= 11 is 0.